The van der Waals surface area contributed by atoms with Crippen LogP contribution in [-0.2, 0) is 22.6 Å². The van der Waals surface area contributed by atoms with Crippen molar-refractivity contribution in [1.29, 1.82) is 0 Å². The number of hydrogen-bond donors (Lipinski definition) is 0. The molecule has 4 nitrogen and oxygen atoms in total. The molecule has 116 valence electrons. The normalized spacial score (nSPS) is 21.6. The van der Waals surface area contributed by atoms with Crippen LogP contribution in [0.3, 0.4) is 0 Å². The van der Waals surface area contributed by atoms with Gasteiger partial charge in [-0.25, -0.2) is 4.90 Å². The Morgan fingerprint density at radius 3 is 2.35 bits per heavy atom. The Balaban J connectivity index is 1.58. The van der Waals surface area contributed by atoms with Crippen LogP contribution in [0.25, 0.3) is 0 Å². The summed E-state index contributed by atoms with van der Waals surface area (Å²) in [6.45, 7) is 1.56. The molecular weight excluding hydrogens is 288 g/mol. The Hall–Kier alpha value is -2.46. The molecule has 1 fully saturated rings. The maximum absolute atomic E-state index is 12.8. The van der Waals surface area contributed by atoms with Gasteiger partial charge in [0.1, 0.15) is 0 Å². The molecule has 4 heteroatoms. The Kier molecular flexibility index (Phi) is 3.46. The van der Waals surface area contributed by atoms with Gasteiger partial charge in [0.2, 0.25) is 5.91 Å². The van der Waals surface area contributed by atoms with E-state index in [0.717, 1.165) is 19.5 Å². The number of anilines is 1. The first-order valence-electron chi connectivity index (χ1n) is 7.97. The minimum atomic E-state index is -0.337. The lowest BCUT2D eigenvalue weighted by Crippen LogP contribution is -2.44. The number of benzene rings is 2. The molecule has 2 amide bonds. The number of carbonyl (C=O) groups excluding carboxylic acids is 2. The van der Waals surface area contributed by atoms with Gasteiger partial charge in [-0.3, -0.25) is 14.5 Å². The van der Waals surface area contributed by atoms with Crippen LogP contribution in [0.4, 0.5) is 5.69 Å². The molecule has 2 aromatic carbocycles. The second kappa shape index (κ2) is 5.63. The van der Waals surface area contributed by atoms with Crippen LogP contribution < -0.4 is 4.90 Å². The zero-order valence-corrected chi connectivity index (χ0v) is 12.8. The van der Waals surface area contributed by atoms with Crippen molar-refractivity contribution >= 4 is 17.5 Å². The number of rotatable bonds is 2. The lowest BCUT2D eigenvalue weighted by Gasteiger charge is -2.32. The van der Waals surface area contributed by atoms with E-state index in [-0.39, 0.29) is 24.3 Å². The van der Waals surface area contributed by atoms with Crippen molar-refractivity contribution in [2.45, 2.75) is 25.4 Å². The summed E-state index contributed by atoms with van der Waals surface area (Å²) in [4.78, 5) is 28.6. The Morgan fingerprint density at radius 1 is 0.870 bits per heavy atom. The second-order valence-electron chi connectivity index (χ2n) is 6.11. The first-order chi connectivity index (χ1) is 11.2. The first-order valence-corrected chi connectivity index (χ1v) is 7.97. The molecular formula is C19H18N2O2. The number of fused-ring (bicyclic) bond motifs is 1. The summed E-state index contributed by atoms with van der Waals surface area (Å²) in [6.07, 6.45) is 1.20. The minimum absolute atomic E-state index is 0.0967. The van der Waals surface area contributed by atoms with Gasteiger partial charge in [0.25, 0.3) is 5.91 Å². The largest absolute Gasteiger partial charge is 0.287 e. The smallest absolute Gasteiger partial charge is 0.251 e. The predicted octanol–water partition coefficient (Wildman–Crippen LogP) is 2.38. The van der Waals surface area contributed by atoms with Gasteiger partial charge in [0, 0.05) is 13.1 Å². The van der Waals surface area contributed by atoms with Gasteiger partial charge < -0.3 is 0 Å². The molecule has 2 aliphatic heterocycles. The van der Waals surface area contributed by atoms with Gasteiger partial charge in [-0.15, -0.1) is 0 Å². The number of amides is 2. The van der Waals surface area contributed by atoms with Crippen LogP contribution >= 0.6 is 0 Å². The van der Waals surface area contributed by atoms with Crippen LogP contribution in [0.15, 0.2) is 54.6 Å². The lowest BCUT2D eigenvalue weighted by atomic mass is 9.98. The standard InChI is InChI=1S/C19H18N2O2/c22-18-12-17(19(23)21(18)16-8-2-1-3-9-16)20-11-10-14-6-4-5-7-15(14)13-20/h1-9,17H,10-13H2/t17-/m1/s1. The Morgan fingerprint density at radius 2 is 1.57 bits per heavy atom. The SMILES string of the molecule is O=C1C[C@@H](N2CCc3ccccc3C2)C(=O)N1c1ccccc1. The summed E-state index contributed by atoms with van der Waals surface area (Å²) >= 11 is 0. The third-order valence-corrected chi connectivity index (χ3v) is 4.74. The highest BCUT2D eigenvalue weighted by atomic mass is 16.2. The topological polar surface area (TPSA) is 40.6 Å². The van der Waals surface area contributed by atoms with Gasteiger partial charge in [-0.2, -0.15) is 0 Å². The van der Waals surface area contributed by atoms with E-state index in [9.17, 15) is 9.59 Å². The molecule has 0 spiro atoms. The van der Waals surface area contributed by atoms with Crippen LogP contribution in [-0.4, -0.2) is 29.3 Å². The summed E-state index contributed by atoms with van der Waals surface area (Å²) in [5, 5.41) is 0. The minimum Gasteiger partial charge on any atom is -0.287 e. The Labute approximate surface area is 135 Å². The summed E-state index contributed by atoms with van der Waals surface area (Å²) in [6, 6.07) is 17.2. The van der Waals surface area contributed by atoms with Gasteiger partial charge in [0.05, 0.1) is 18.2 Å². The van der Waals surface area contributed by atoms with Crippen molar-refractivity contribution in [3.8, 4) is 0 Å². The highest BCUT2D eigenvalue weighted by Crippen LogP contribution is 2.28. The predicted molar refractivity (Wildman–Crippen MR) is 87.9 cm³/mol. The highest BCUT2D eigenvalue weighted by molar-refractivity contribution is 6.22. The second-order valence-corrected chi connectivity index (χ2v) is 6.11. The van der Waals surface area contributed by atoms with Gasteiger partial charge >= 0.3 is 0 Å². The maximum atomic E-state index is 12.8. The van der Waals surface area contributed by atoms with Crippen molar-refractivity contribution in [1.82, 2.24) is 4.90 Å². The molecule has 0 aromatic heterocycles. The molecule has 2 aromatic rings. The van der Waals surface area contributed by atoms with Crippen LogP contribution in [0.1, 0.15) is 17.5 Å². The summed E-state index contributed by atoms with van der Waals surface area (Å²) < 4.78 is 0. The quantitative estimate of drug-likeness (QED) is 0.800. The molecule has 4 rings (SSSR count). The average molecular weight is 306 g/mol. The molecule has 1 saturated heterocycles. The summed E-state index contributed by atoms with van der Waals surface area (Å²) in [7, 11) is 0. The molecule has 0 N–H and O–H groups in total. The number of hydrogen-bond acceptors (Lipinski definition) is 3. The molecule has 2 heterocycles. The average Bonchev–Trinajstić information content (AvgIpc) is 2.90. The molecule has 0 aliphatic carbocycles. The number of nitrogens with zero attached hydrogens (tertiary/aromatic N) is 2. The fraction of sp³-hybridized carbons (Fsp3) is 0.263. The van der Waals surface area contributed by atoms with Crippen molar-refractivity contribution in [3.05, 3.63) is 65.7 Å². The monoisotopic (exact) mass is 306 g/mol. The number of carbonyl (C=O) groups is 2. The summed E-state index contributed by atoms with van der Waals surface area (Å²) in [5.41, 5.74) is 3.28. The lowest BCUT2D eigenvalue weighted by molar-refractivity contribution is -0.123. The van der Waals surface area contributed by atoms with Crippen LogP contribution in [0.2, 0.25) is 0 Å². The van der Waals surface area contributed by atoms with E-state index in [1.54, 1.807) is 0 Å². The van der Waals surface area contributed by atoms with Crippen molar-refractivity contribution in [2.24, 2.45) is 0 Å². The zero-order valence-electron chi connectivity index (χ0n) is 12.8. The highest BCUT2D eigenvalue weighted by Gasteiger charge is 2.43. The van der Waals surface area contributed by atoms with Gasteiger partial charge in [-0.05, 0) is 29.7 Å². The molecule has 0 saturated carbocycles. The number of para-hydroxylation sites is 1. The van der Waals surface area contributed by atoms with Crippen molar-refractivity contribution < 1.29 is 9.59 Å². The summed E-state index contributed by atoms with van der Waals surface area (Å²) in [5.74, 6) is -0.203. The van der Waals surface area contributed by atoms with E-state index < -0.39 is 0 Å². The third-order valence-electron chi connectivity index (χ3n) is 4.74. The van der Waals surface area contributed by atoms with E-state index >= 15 is 0 Å². The maximum Gasteiger partial charge on any atom is 0.251 e. The van der Waals surface area contributed by atoms with Crippen LogP contribution in [0, 0.1) is 0 Å². The molecule has 0 bridgehead atoms. The third kappa shape index (κ3) is 2.45. The zero-order chi connectivity index (χ0) is 15.8. The van der Waals surface area contributed by atoms with Crippen LogP contribution in [0.5, 0.6) is 0 Å². The fourth-order valence-corrected chi connectivity index (χ4v) is 3.53. The molecule has 1 atom stereocenters. The van der Waals surface area contributed by atoms with Crippen molar-refractivity contribution in [2.75, 3.05) is 11.4 Å². The van der Waals surface area contributed by atoms with E-state index in [4.69, 9.17) is 0 Å². The fourth-order valence-electron chi connectivity index (χ4n) is 3.53. The van der Waals surface area contributed by atoms with E-state index in [1.807, 2.05) is 36.4 Å². The molecule has 23 heavy (non-hydrogen) atoms. The number of imide groups is 1. The molecule has 0 unspecified atom stereocenters. The first kappa shape index (κ1) is 14.2. The van der Waals surface area contributed by atoms with E-state index in [0.29, 0.717) is 5.69 Å². The van der Waals surface area contributed by atoms with Gasteiger partial charge in [0.15, 0.2) is 0 Å². The van der Waals surface area contributed by atoms with Crippen molar-refractivity contribution in [3.63, 3.8) is 0 Å². The van der Waals surface area contributed by atoms with E-state index in [2.05, 4.69) is 23.1 Å². The van der Waals surface area contributed by atoms with Gasteiger partial charge in [-0.1, -0.05) is 42.5 Å². The Bertz CT molecular complexity index is 757. The molecule has 2 aliphatic rings. The van der Waals surface area contributed by atoms with E-state index in [1.165, 1.54) is 16.0 Å². The molecule has 0 radical (unpaired) electrons.